The second-order valence-electron chi connectivity index (χ2n) is 5.66. The maximum atomic E-state index is 6.46. The number of aromatic nitrogens is 4. The Morgan fingerprint density at radius 1 is 1.53 bits per heavy atom. The summed E-state index contributed by atoms with van der Waals surface area (Å²) in [5.41, 5.74) is 6.70. The van der Waals surface area contributed by atoms with E-state index in [1.807, 2.05) is 19.3 Å². The van der Waals surface area contributed by atoms with E-state index in [1.54, 1.807) is 4.68 Å². The molecule has 0 aromatic carbocycles. The molecule has 6 heteroatoms. The van der Waals surface area contributed by atoms with E-state index < -0.39 is 5.54 Å². The molecule has 1 aliphatic rings. The lowest BCUT2D eigenvalue weighted by atomic mass is 9.76. The number of aryl methyl sites for hydroxylation is 1. The van der Waals surface area contributed by atoms with Gasteiger partial charge in [-0.25, -0.2) is 0 Å². The van der Waals surface area contributed by atoms with Crippen LogP contribution < -0.4 is 5.73 Å². The van der Waals surface area contributed by atoms with E-state index in [2.05, 4.69) is 22.2 Å². The van der Waals surface area contributed by atoms with Crippen LogP contribution in [0, 0.1) is 5.92 Å². The summed E-state index contributed by atoms with van der Waals surface area (Å²) in [4.78, 5) is 4.45. The number of nitrogens with two attached hydrogens (primary N) is 1. The first-order valence-corrected chi connectivity index (χ1v) is 6.70. The Balaban J connectivity index is 1.88. The Morgan fingerprint density at radius 2 is 2.37 bits per heavy atom. The fourth-order valence-electron chi connectivity index (χ4n) is 2.85. The van der Waals surface area contributed by atoms with Crippen LogP contribution >= 0.6 is 0 Å². The third-order valence-corrected chi connectivity index (χ3v) is 3.84. The molecule has 2 aromatic rings. The molecule has 0 bridgehead atoms. The van der Waals surface area contributed by atoms with E-state index >= 15 is 0 Å². The average molecular weight is 261 g/mol. The van der Waals surface area contributed by atoms with Gasteiger partial charge in [0.2, 0.25) is 0 Å². The van der Waals surface area contributed by atoms with Crippen molar-refractivity contribution in [2.75, 3.05) is 0 Å². The first-order chi connectivity index (χ1) is 9.07. The predicted molar refractivity (Wildman–Crippen MR) is 70.0 cm³/mol. The molecule has 102 valence electrons. The van der Waals surface area contributed by atoms with Crippen molar-refractivity contribution in [3.63, 3.8) is 0 Å². The molecular formula is C13H19N5O. The van der Waals surface area contributed by atoms with Crippen LogP contribution in [-0.4, -0.2) is 19.9 Å². The van der Waals surface area contributed by atoms with E-state index in [0.29, 0.717) is 23.3 Å². The highest BCUT2D eigenvalue weighted by atomic mass is 16.5. The fraction of sp³-hybridized carbons (Fsp3) is 0.615. The van der Waals surface area contributed by atoms with E-state index in [-0.39, 0.29) is 0 Å². The lowest BCUT2D eigenvalue weighted by Gasteiger charge is -2.33. The summed E-state index contributed by atoms with van der Waals surface area (Å²) in [7, 11) is 1.86. The van der Waals surface area contributed by atoms with Crippen molar-refractivity contribution in [3.05, 3.63) is 18.1 Å². The van der Waals surface area contributed by atoms with Gasteiger partial charge in [-0.1, -0.05) is 24.9 Å². The highest BCUT2D eigenvalue weighted by Gasteiger charge is 2.37. The second-order valence-corrected chi connectivity index (χ2v) is 5.66. The normalized spacial score (nSPS) is 27.6. The molecule has 3 rings (SSSR count). The summed E-state index contributed by atoms with van der Waals surface area (Å²) >= 11 is 0. The maximum absolute atomic E-state index is 6.46. The van der Waals surface area contributed by atoms with Crippen LogP contribution in [0.5, 0.6) is 0 Å². The molecule has 2 atom stereocenters. The first-order valence-electron chi connectivity index (χ1n) is 6.70. The van der Waals surface area contributed by atoms with Gasteiger partial charge in [-0.2, -0.15) is 10.1 Å². The van der Waals surface area contributed by atoms with Crippen LogP contribution in [-0.2, 0) is 12.6 Å². The van der Waals surface area contributed by atoms with Gasteiger partial charge >= 0.3 is 0 Å². The molecule has 0 aliphatic heterocycles. The molecule has 0 saturated heterocycles. The van der Waals surface area contributed by atoms with Crippen molar-refractivity contribution in [2.45, 2.75) is 38.1 Å². The summed E-state index contributed by atoms with van der Waals surface area (Å²) in [6.07, 6.45) is 6.02. The van der Waals surface area contributed by atoms with Gasteiger partial charge in [0.1, 0.15) is 0 Å². The Hall–Kier alpha value is -1.69. The molecule has 0 radical (unpaired) electrons. The lowest BCUT2D eigenvalue weighted by Crippen LogP contribution is -2.42. The van der Waals surface area contributed by atoms with Gasteiger partial charge in [0.15, 0.2) is 11.5 Å². The summed E-state index contributed by atoms with van der Waals surface area (Å²) in [6, 6.07) is 1.85. The summed E-state index contributed by atoms with van der Waals surface area (Å²) in [6.45, 7) is 2.22. The van der Waals surface area contributed by atoms with Crippen molar-refractivity contribution in [3.8, 4) is 11.6 Å². The minimum absolute atomic E-state index is 0.443. The van der Waals surface area contributed by atoms with E-state index in [0.717, 1.165) is 19.3 Å². The van der Waals surface area contributed by atoms with Crippen molar-refractivity contribution >= 4 is 0 Å². The lowest BCUT2D eigenvalue weighted by molar-refractivity contribution is 0.222. The second kappa shape index (κ2) is 4.45. The molecule has 2 unspecified atom stereocenters. The summed E-state index contributed by atoms with van der Waals surface area (Å²) in [5.74, 6) is 1.66. The SMILES string of the molecule is CC1CCCC(N)(c2noc(-c3ccn(C)n3)n2)C1. The number of hydrogen-bond acceptors (Lipinski definition) is 5. The van der Waals surface area contributed by atoms with Crippen LogP contribution in [0.3, 0.4) is 0 Å². The van der Waals surface area contributed by atoms with Crippen LogP contribution in [0.4, 0.5) is 0 Å². The third kappa shape index (κ3) is 2.28. The Labute approximate surface area is 112 Å². The number of nitrogens with zero attached hydrogens (tertiary/aromatic N) is 4. The maximum Gasteiger partial charge on any atom is 0.278 e. The molecule has 1 fully saturated rings. The Morgan fingerprint density at radius 3 is 3.05 bits per heavy atom. The van der Waals surface area contributed by atoms with Crippen LogP contribution in [0.25, 0.3) is 11.6 Å². The molecule has 2 heterocycles. The van der Waals surface area contributed by atoms with Crippen molar-refractivity contribution in [1.82, 2.24) is 19.9 Å². The number of hydrogen-bond donors (Lipinski definition) is 1. The summed E-state index contributed by atoms with van der Waals surface area (Å²) < 4.78 is 7.01. The van der Waals surface area contributed by atoms with Crippen molar-refractivity contribution in [2.24, 2.45) is 18.7 Å². The number of rotatable bonds is 2. The van der Waals surface area contributed by atoms with Crippen LogP contribution in [0.1, 0.15) is 38.4 Å². The minimum Gasteiger partial charge on any atom is -0.332 e. The van der Waals surface area contributed by atoms with Gasteiger partial charge in [0.25, 0.3) is 5.89 Å². The molecule has 1 aliphatic carbocycles. The zero-order valence-corrected chi connectivity index (χ0v) is 11.3. The molecule has 0 amide bonds. The topological polar surface area (TPSA) is 82.8 Å². The van der Waals surface area contributed by atoms with E-state index in [1.165, 1.54) is 6.42 Å². The van der Waals surface area contributed by atoms with E-state index in [9.17, 15) is 0 Å². The Kier molecular flexibility index (Phi) is 2.89. The predicted octanol–water partition coefficient (Wildman–Crippen LogP) is 1.83. The molecule has 2 N–H and O–H groups in total. The van der Waals surface area contributed by atoms with Crippen LogP contribution in [0.2, 0.25) is 0 Å². The first kappa shape index (κ1) is 12.3. The monoisotopic (exact) mass is 261 g/mol. The van der Waals surface area contributed by atoms with Gasteiger partial charge in [-0.3, -0.25) is 4.68 Å². The molecule has 19 heavy (non-hydrogen) atoms. The fourth-order valence-corrected chi connectivity index (χ4v) is 2.85. The quantitative estimate of drug-likeness (QED) is 0.891. The van der Waals surface area contributed by atoms with Crippen LogP contribution in [0.15, 0.2) is 16.8 Å². The van der Waals surface area contributed by atoms with Crippen molar-refractivity contribution < 1.29 is 4.52 Å². The Bertz CT molecular complexity index is 575. The largest absolute Gasteiger partial charge is 0.332 e. The van der Waals surface area contributed by atoms with Gasteiger partial charge in [-0.15, -0.1) is 0 Å². The van der Waals surface area contributed by atoms with Gasteiger partial charge in [-0.05, 0) is 24.8 Å². The molecule has 1 saturated carbocycles. The van der Waals surface area contributed by atoms with E-state index in [4.69, 9.17) is 10.3 Å². The molecular weight excluding hydrogens is 242 g/mol. The van der Waals surface area contributed by atoms with Crippen molar-refractivity contribution in [1.29, 1.82) is 0 Å². The van der Waals surface area contributed by atoms with Gasteiger partial charge < -0.3 is 10.3 Å². The zero-order chi connectivity index (χ0) is 13.5. The molecule has 2 aromatic heterocycles. The highest BCUT2D eigenvalue weighted by Crippen LogP contribution is 2.36. The molecule has 6 nitrogen and oxygen atoms in total. The molecule has 0 spiro atoms. The third-order valence-electron chi connectivity index (χ3n) is 3.84. The summed E-state index contributed by atoms with van der Waals surface area (Å²) in [5, 5.41) is 8.33. The zero-order valence-electron chi connectivity index (χ0n) is 11.3. The standard InChI is InChI=1S/C13H19N5O/c1-9-4-3-6-13(14,8-9)12-15-11(19-17-12)10-5-7-18(2)16-10/h5,7,9H,3-4,6,8,14H2,1-2H3. The smallest absolute Gasteiger partial charge is 0.278 e. The van der Waals surface area contributed by atoms with Gasteiger partial charge in [0.05, 0.1) is 5.54 Å². The highest BCUT2D eigenvalue weighted by molar-refractivity contribution is 5.45. The average Bonchev–Trinajstić information content (AvgIpc) is 2.96. The minimum atomic E-state index is -0.450. The van der Waals surface area contributed by atoms with Gasteiger partial charge in [0, 0.05) is 13.2 Å².